The maximum absolute atomic E-state index is 6.21. The highest BCUT2D eigenvalue weighted by atomic mass is 35.5. The van der Waals surface area contributed by atoms with Crippen LogP contribution in [0.3, 0.4) is 0 Å². The highest BCUT2D eigenvalue weighted by Gasteiger charge is 2.22. The normalized spacial score (nSPS) is 20.8. The third kappa shape index (κ3) is 1.43. The van der Waals surface area contributed by atoms with E-state index in [-0.39, 0.29) is 0 Å². The maximum Gasteiger partial charge on any atom is 0.0868 e. The standard InChI is InChI=1S/C12H14ClN3/c1-16-12-9(3-2-4-10(12)13)11(15-16)8-5-6-14-7-8/h2-4,8,14H,5-7H2,1H3. The van der Waals surface area contributed by atoms with Crippen LogP contribution in [0.5, 0.6) is 0 Å². The summed E-state index contributed by atoms with van der Waals surface area (Å²) < 4.78 is 1.89. The van der Waals surface area contributed by atoms with Crippen LogP contribution in [0.2, 0.25) is 5.02 Å². The Labute approximate surface area is 99.4 Å². The molecule has 2 aromatic rings. The predicted molar refractivity (Wildman–Crippen MR) is 66.0 cm³/mol. The smallest absolute Gasteiger partial charge is 0.0868 e. The Balaban J connectivity index is 2.22. The van der Waals surface area contributed by atoms with E-state index in [0.29, 0.717) is 5.92 Å². The molecule has 1 aromatic carbocycles. The molecule has 84 valence electrons. The number of hydrogen-bond donors (Lipinski definition) is 1. The Hall–Kier alpha value is -1.06. The van der Waals surface area contributed by atoms with E-state index in [1.54, 1.807) is 0 Å². The third-order valence-corrected chi connectivity index (χ3v) is 3.60. The molecule has 0 aliphatic carbocycles. The average Bonchev–Trinajstić information content (AvgIpc) is 2.86. The molecule has 1 atom stereocenters. The lowest BCUT2D eigenvalue weighted by Gasteiger charge is -2.04. The van der Waals surface area contributed by atoms with E-state index in [9.17, 15) is 0 Å². The number of nitrogens with one attached hydrogen (secondary N) is 1. The second-order valence-corrected chi connectivity index (χ2v) is 4.74. The van der Waals surface area contributed by atoms with Gasteiger partial charge in [-0.05, 0) is 19.0 Å². The maximum atomic E-state index is 6.21. The molecule has 1 unspecified atom stereocenters. The van der Waals surface area contributed by atoms with Gasteiger partial charge in [0.05, 0.1) is 16.2 Å². The SMILES string of the molecule is Cn1nc(C2CCNC2)c2cccc(Cl)c21. The van der Waals surface area contributed by atoms with Gasteiger partial charge in [0.15, 0.2) is 0 Å². The zero-order valence-electron chi connectivity index (χ0n) is 9.20. The summed E-state index contributed by atoms with van der Waals surface area (Å²) in [6.45, 7) is 2.11. The van der Waals surface area contributed by atoms with Gasteiger partial charge >= 0.3 is 0 Å². The van der Waals surface area contributed by atoms with Crippen LogP contribution < -0.4 is 5.32 Å². The van der Waals surface area contributed by atoms with E-state index in [1.165, 1.54) is 17.5 Å². The van der Waals surface area contributed by atoms with Gasteiger partial charge in [-0.2, -0.15) is 5.10 Å². The first kappa shape index (κ1) is 10.1. The molecule has 3 rings (SSSR count). The lowest BCUT2D eigenvalue weighted by molar-refractivity contribution is 0.690. The fourth-order valence-electron chi connectivity index (χ4n) is 2.51. The van der Waals surface area contributed by atoms with Crippen LogP contribution in [0.25, 0.3) is 10.9 Å². The van der Waals surface area contributed by atoms with Crippen LogP contribution in [0, 0.1) is 0 Å². The predicted octanol–water partition coefficient (Wildman–Crippen LogP) is 2.30. The minimum absolute atomic E-state index is 0.530. The molecule has 4 heteroatoms. The fourth-order valence-corrected chi connectivity index (χ4v) is 2.80. The number of fused-ring (bicyclic) bond motifs is 1. The van der Waals surface area contributed by atoms with Crippen molar-refractivity contribution < 1.29 is 0 Å². The topological polar surface area (TPSA) is 29.9 Å². The first-order chi connectivity index (χ1) is 7.77. The molecule has 0 amide bonds. The van der Waals surface area contributed by atoms with Crippen LogP contribution in [-0.4, -0.2) is 22.9 Å². The van der Waals surface area contributed by atoms with Crippen molar-refractivity contribution in [2.45, 2.75) is 12.3 Å². The van der Waals surface area contributed by atoms with Crippen LogP contribution in [-0.2, 0) is 7.05 Å². The van der Waals surface area contributed by atoms with E-state index in [0.717, 1.165) is 23.6 Å². The van der Waals surface area contributed by atoms with Crippen LogP contribution in [0.1, 0.15) is 18.0 Å². The molecule has 0 bridgehead atoms. The molecule has 1 aliphatic heterocycles. The Morgan fingerprint density at radius 3 is 3.12 bits per heavy atom. The van der Waals surface area contributed by atoms with Crippen molar-refractivity contribution in [3.63, 3.8) is 0 Å². The second kappa shape index (κ2) is 3.75. The molecular formula is C12H14ClN3. The Morgan fingerprint density at radius 1 is 1.50 bits per heavy atom. The Bertz CT molecular complexity index is 526. The summed E-state index contributed by atoms with van der Waals surface area (Å²) >= 11 is 6.21. The largest absolute Gasteiger partial charge is 0.316 e. The zero-order chi connectivity index (χ0) is 11.1. The van der Waals surface area contributed by atoms with Gasteiger partial charge in [-0.25, -0.2) is 0 Å². The van der Waals surface area contributed by atoms with Gasteiger partial charge in [0.25, 0.3) is 0 Å². The molecule has 0 spiro atoms. The molecular weight excluding hydrogens is 222 g/mol. The van der Waals surface area contributed by atoms with Gasteiger partial charge in [0.2, 0.25) is 0 Å². The number of rotatable bonds is 1. The number of aromatic nitrogens is 2. The first-order valence-corrected chi connectivity index (χ1v) is 5.97. The van der Waals surface area contributed by atoms with Crippen molar-refractivity contribution in [1.29, 1.82) is 0 Å². The third-order valence-electron chi connectivity index (χ3n) is 3.29. The summed E-state index contributed by atoms with van der Waals surface area (Å²) in [6, 6.07) is 6.03. The molecule has 1 aliphatic rings. The minimum atomic E-state index is 0.530. The molecule has 1 aromatic heterocycles. The lowest BCUT2D eigenvalue weighted by Crippen LogP contribution is -2.08. The summed E-state index contributed by atoms with van der Waals surface area (Å²) in [5, 5.41) is 9.98. The van der Waals surface area contributed by atoms with Gasteiger partial charge in [0, 0.05) is 24.9 Å². The Kier molecular flexibility index (Phi) is 2.37. The summed E-state index contributed by atoms with van der Waals surface area (Å²) in [4.78, 5) is 0. The van der Waals surface area contributed by atoms with Crippen molar-refractivity contribution in [3.8, 4) is 0 Å². The average molecular weight is 236 g/mol. The van der Waals surface area contributed by atoms with Crippen molar-refractivity contribution >= 4 is 22.5 Å². The van der Waals surface area contributed by atoms with E-state index < -0.39 is 0 Å². The number of halogens is 1. The van der Waals surface area contributed by atoms with Crippen molar-refractivity contribution in [1.82, 2.24) is 15.1 Å². The first-order valence-electron chi connectivity index (χ1n) is 5.59. The lowest BCUT2D eigenvalue weighted by atomic mass is 10.0. The van der Waals surface area contributed by atoms with Gasteiger partial charge < -0.3 is 5.32 Å². The molecule has 0 saturated carbocycles. The summed E-state index contributed by atoms with van der Waals surface area (Å²) in [6.07, 6.45) is 1.17. The monoisotopic (exact) mass is 235 g/mol. The molecule has 2 heterocycles. The van der Waals surface area contributed by atoms with Crippen molar-refractivity contribution in [2.75, 3.05) is 13.1 Å². The quantitative estimate of drug-likeness (QED) is 0.822. The highest BCUT2D eigenvalue weighted by Crippen LogP contribution is 2.31. The minimum Gasteiger partial charge on any atom is -0.316 e. The van der Waals surface area contributed by atoms with Gasteiger partial charge in [-0.1, -0.05) is 23.7 Å². The summed E-state index contributed by atoms with van der Waals surface area (Å²) in [7, 11) is 1.96. The number of benzene rings is 1. The van der Waals surface area contributed by atoms with E-state index in [4.69, 9.17) is 11.6 Å². The molecule has 1 saturated heterocycles. The summed E-state index contributed by atoms with van der Waals surface area (Å²) in [5.41, 5.74) is 2.23. The van der Waals surface area contributed by atoms with Gasteiger partial charge in [-0.3, -0.25) is 4.68 Å². The van der Waals surface area contributed by atoms with Crippen molar-refractivity contribution in [3.05, 3.63) is 28.9 Å². The second-order valence-electron chi connectivity index (χ2n) is 4.33. The van der Waals surface area contributed by atoms with Crippen LogP contribution in [0.4, 0.5) is 0 Å². The van der Waals surface area contributed by atoms with Crippen LogP contribution in [0.15, 0.2) is 18.2 Å². The number of para-hydroxylation sites is 1. The fraction of sp³-hybridized carbons (Fsp3) is 0.417. The summed E-state index contributed by atoms with van der Waals surface area (Å²) in [5.74, 6) is 0.530. The van der Waals surface area contributed by atoms with Gasteiger partial charge in [0.1, 0.15) is 0 Å². The zero-order valence-corrected chi connectivity index (χ0v) is 9.96. The molecule has 3 nitrogen and oxygen atoms in total. The highest BCUT2D eigenvalue weighted by molar-refractivity contribution is 6.35. The van der Waals surface area contributed by atoms with E-state index in [1.807, 2.05) is 23.9 Å². The van der Waals surface area contributed by atoms with Crippen LogP contribution >= 0.6 is 11.6 Å². The van der Waals surface area contributed by atoms with E-state index in [2.05, 4.69) is 16.5 Å². The molecule has 1 N–H and O–H groups in total. The molecule has 0 radical (unpaired) electrons. The molecule has 1 fully saturated rings. The Morgan fingerprint density at radius 2 is 2.38 bits per heavy atom. The molecule has 16 heavy (non-hydrogen) atoms. The van der Waals surface area contributed by atoms with E-state index >= 15 is 0 Å². The van der Waals surface area contributed by atoms with Crippen molar-refractivity contribution in [2.24, 2.45) is 7.05 Å². The number of hydrogen-bond acceptors (Lipinski definition) is 2. The number of aryl methyl sites for hydroxylation is 1. The number of nitrogens with zero attached hydrogens (tertiary/aromatic N) is 2. The van der Waals surface area contributed by atoms with Gasteiger partial charge in [-0.15, -0.1) is 0 Å².